The molecular formula is C14H8FNO2Se. The van der Waals surface area contributed by atoms with Gasteiger partial charge in [0.15, 0.2) is 0 Å². The quantitative estimate of drug-likeness (QED) is 0.538. The number of carbonyl (C=O) groups excluding carboxylic acids is 1. The Morgan fingerprint density at radius 2 is 1.84 bits per heavy atom. The van der Waals surface area contributed by atoms with Crippen molar-refractivity contribution in [3.8, 4) is 5.88 Å². The van der Waals surface area contributed by atoms with Gasteiger partial charge in [0.1, 0.15) is 0 Å². The Labute approximate surface area is 114 Å². The van der Waals surface area contributed by atoms with Crippen LogP contribution in [0.15, 0.2) is 48.5 Å². The van der Waals surface area contributed by atoms with E-state index in [2.05, 4.69) is 3.98 Å². The van der Waals surface area contributed by atoms with Crippen LogP contribution in [-0.4, -0.2) is 24.7 Å². The van der Waals surface area contributed by atoms with Gasteiger partial charge in [-0.25, -0.2) is 0 Å². The Balaban J connectivity index is 1.89. The van der Waals surface area contributed by atoms with Crippen molar-refractivity contribution in [2.75, 3.05) is 0 Å². The third-order valence-corrected chi connectivity index (χ3v) is 4.31. The van der Waals surface area contributed by atoms with Crippen LogP contribution in [0.5, 0.6) is 5.88 Å². The fourth-order valence-electron chi connectivity index (χ4n) is 1.67. The number of nitrogens with zero attached hydrogens (tertiary/aromatic N) is 1. The van der Waals surface area contributed by atoms with Gasteiger partial charge in [0.25, 0.3) is 0 Å². The molecule has 0 N–H and O–H groups in total. The van der Waals surface area contributed by atoms with Gasteiger partial charge in [-0.2, -0.15) is 0 Å². The fourth-order valence-corrected chi connectivity index (χ4v) is 3.16. The molecule has 0 aliphatic carbocycles. The molecule has 3 nitrogen and oxygen atoms in total. The van der Waals surface area contributed by atoms with Gasteiger partial charge in [-0.05, 0) is 0 Å². The molecule has 0 spiro atoms. The van der Waals surface area contributed by atoms with Crippen LogP contribution in [0, 0.1) is 5.82 Å². The summed E-state index contributed by atoms with van der Waals surface area (Å²) in [4.78, 5) is 11.9. The van der Waals surface area contributed by atoms with Crippen LogP contribution in [0.3, 0.4) is 0 Å². The predicted molar refractivity (Wildman–Crippen MR) is 70.0 cm³/mol. The molecule has 0 fully saturated rings. The van der Waals surface area contributed by atoms with Crippen molar-refractivity contribution in [3.63, 3.8) is 0 Å². The molecule has 3 rings (SSSR count). The topological polar surface area (TPSA) is 39.2 Å². The molecule has 3 aromatic rings. The van der Waals surface area contributed by atoms with E-state index in [-0.39, 0.29) is 20.5 Å². The van der Waals surface area contributed by atoms with Gasteiger partial charge in [-0.1, -0.05) is 0 Å². The van der Waals surface area contributed by atoms with Gasteiger partial charge in [0.2, 0.25) is 0 Å². The third-order valence-electron chi connectivity index (χ3n) is 2.61. The average molecular weight is 320 g/mol. The van der Waals surface area contributed by atoms with Gasteiger partial charge >= 0.3 is 114 Å². The number of hydrogen-bond acceptors (Lipinski definition) is 3. The maximum atomic E-state index is 12.8. The van der Waals surface area contributed by atoms with Crippen molar-refractivity contribution < 1.29 is 13.9 Å². The van der Waals surface area contributed by atoms with Gasteiger partial charge in [-0.3, -0.25) is 0 Å². The first-order valence-electron chi connectivity index (χ1n) is 5.56. The van der Waals surface area contributed by atoms with Crippen molar-refractivity contribution in [3.05, 3.63) is 59.9 Å². The molecule has 94 valence electrons. The number of carbonyl (C=O) groups is 1. The van der Waals surface area contributed by atoms with Crippen LogP contribution in [-0.2, 0) is 0 Å². The second-order valence-corrected chi connectivity index (χ2v) is 5.57. The molecule has 2 aromatic carbocycles. The van der Waals surface area contributed by atoms with E-state index in [4.69, 9.17) is 4.74 Å². The molecule has 0 amide bonds. The maximum absolute atomic E-state index is 12.8. The molecule has 0 saturated heterocycles. The van der Waals surface area contributed by atoms with E-state index in [1.807, 2.05) is 24.3 Å². The molecular weight excluding hydrogens is 312 g/mol. The summed E-state index contributed by atoms with van der Waals surface area (Å²) < 4.78 is 23.4. The minimum absolute atomic E-state index is 0.0466. The van der Waals surface area contributed by atoms with Gasteiger partial charge < -0.3 is 0 Å². The standard InChI is InChI=1S/C14H8FNO2Se/c15-10-7-5-9(6-8-10)14(17)18-13-11-3-1-2-4-12(11)19-16-13/h1-8H. The zero-order chi connectivity index (χ0) is 13.2. The Bertz CT molecular complexity index is 737. The number of ether oxygens (including phenoxy) is 1. The molecule has 0 atom stereocenters. The number of rotatable bonds is 2. The number of fused-ring (bicyclic) bond motifs is 1. The summed E-state index contributed by atoms with van der Waals surface area (Å²) in [6.07, 6.45) is 0. The molecule has 0 aliphatic rings. The fraction of sp³-hybridized carbons (Fsp3) is 0. The summed E-state index contributed by atoms with van der Waals surface area (Å²) in [7, 11) is 0. The first kappa shape index (κ1) is 12.1. The SMILES string of the molecule is O=C(Oc1n[se]c2ccccc12)c1ccc(F)cc1. The number of hydrogen-bond donors (Lipinski definition) is 0. The summed E-state index contributed by atoms with van der Waals surface area (Å²) >= 11 is -0.0466. The molecule has 0 aliphatic heterocycles. The van der Waals surface area contributed by atoms with E-state index in [9.17, 15) is 9.18 Å². The van der Waals surface area contributed by atoms with Crippen LogP contribution in [0.2, 0.25) is 0 Å². The summed E-state index contributed by atoms with van der Waals surface area (Å²) in [6.45, 7) is 0. The molecule has 0 saturated carbocycles. The average Bonchev–Trinajstić information content (AvgIpc) is 2.83. The second-order valence-electron chi connectivity index (χ2n) is 3.88. The summed E-state index contributed by atoms with van der Waals surface area (Å²) in [5.74, 6) is -0.556. The van der Waals surface area contributed by atoms with Crippen molar-refractivity contribution in [2.45, 2.75) is 0 Å². The van der Waals surface area contributed by atoms with Gasteiger partial charge in [0, 0.05) is 0 Å². The number of benzene rings is 2. The van der Waals surface area contributed by atoms with E-state index in [1.165, 1.54) is 24.3 Å². The minimum atomic E-state index is -0.522. The van der Waals surface area contributed by atoms with Crippen molar-refractivity contribution >= 4 is 30.3 Å². The van der Waals surface area contributed by atoms with Gasteiger partial charge in [0.05, 0.1) is 0 Å². The van der Waals surface area contributed by atoms with Crippen LogP contribution < -0.4 is 4.74 Å². The van der Waals surface area contributed by atoms with Crippen LogP contribution in [0.25, 0.3) is 9.65 Å². The van der Waals surface area contributed by atoms with Gasteiger partial charge in [-0.15, -0.1) is 0 Å². The van der Waals surface area contributed by atoms with Crippen LogP contribution >= 0.6 is 0 Å². The van der Waals surface area contributed by atoms with E-state index < -0.39 is 5.97 Å². The molecule has 1 heterocycles. The molecule has 5 heteroatoms. The first-order valence-corrected chi connectivity index (χ1v) is 7.18. The molecule has 19 heavy (non-hydrogen) atoms. The molecule has 1 aromatic heterocycles. The Kier molecular flexibility index (Phi) is 3.15. The zero-order valence-corrected chi connectivity index (χ0v) is 11.4. The molecule has 0 radical (unpaired) electrons. The predicted octanol–water partition coefficient (Wildman–Crippen LogP) is 2.65. The number of aromatic nitrogens is 1. The molecule has 0 bridgehead atoms. The summed E-state index contributed by atoms with van der Waals surface area (Å²) in [5, 5.41) is 0.859. The van der Waals surface area contributed by atoms with E-state index in [1.54, 1.807) is 0 Å². The number of halogens is 1. The van der Waals surface area contributed by atoms with Crippen LogP contribution in [0.4, 0.5) is 4.39 Å². The van der Waals surface area contributed by atoms with Crippen molar-refractivity contribution in [1.29, 1.82) is 0 Å². The van der Waals surface area contributed by atoms with E-state index >= 15 is 0 Å². The van der Waals surface area contributed by atoms with Crippen LogP contribution in [0.1, 0.15) is 10.4 Å². The normalized spacial score (nSPS) is 10.6. The summed E-state index contributed by atoms with van der Waals surface area (Å²) in [5.41, 5.74) is 0.306. The Hall–Kier alpha value is -1.97. The van der Waals surface area contributed by atoms with Crippen molar-refractivity contribution in [2.24, 2.45) is 0 Å². The molecule has 0 unspecified atom stereocenters. The first-order chi connectivity index (χ1) is 9.24. The van der Waals surface area contributed by atoms with E-state index in [0.29, 0.717) is 11.4 Å². The Morgan fingerprint density at radius 1 is 1.11 bits per heavy atom. The number of esters is 1. The second kappa shape index (κ2) is 4.96. The van der Waals surface area contributed by atoms with E-state index in [0.717, 1.165) is 9.65 Å². The summed E-state index contributed by atoms with van der Waals surface area (Å²) in [6, 6.07) is 12.9. The van der Waals surface area contributed by atoms with Crippen molar-refractivity contribution in [1.82, 2.24) is 3.98 Å². The zero-order valence-electron chi connectivity index (χ0n) is 9.67. The Morgan fingerprint density at radius 3 is 2.63 bits per heavy atom. The third kappa shape index (κ3) is 2.43. The monoisotopic (exact) mass is 321 g/mol.